The Hall–Kier alpha value is -3.82. The second-order valence-electron chi connectivity index (χ2n) is 8.02. The Morgan fingerprint density at radius 3 is 2.64 bits per heavy atom. The van der Waals surface area contributed by atoms with E-state index in [9.17, 15) is 4.79 Å². The highest BCUT2D eigenvalue weighted by Crippen LogP contribution is 2.26. The molecule has 10 heteroatoms. The molecule has 0 N–H and O–H groups in total. The number of ether oxygens (including phenoxy) is 2. The highest BCUT2D eigenvalue weighted by atomic mass is 16.7. The summed E-state index contributed by atoms with van der Waals surface area (Å²) in [7, 11) is 1.24. The molecule has 0 saturated carbocycles. The monoisotopic (exact) mass is 449 g/mol. The molecule has 4 heterocycles. The largest absolute Gasteiger partial charge is 0.514 e. The minimum atomic E-state index is -0.822. The van der Waals surface area contributed by atoms with Gasteiger partial charge in [-0.05, 0) is 43.5 Å². The first kappa shape index (κ1) is 22.4. The SMILES string of the molecule is COC(=O)Oc1cnc(N2CCN(c3nnc(Cc4cccnc4)c(C)c3C)C[C@H]2C)cn1. The minimum absolute atomic E-state index is 0.102. The Balaban J connectivity index is 1.44. The van der Waals surface area contributed by atoms with Crippen LogP contribution in [-0.2, 0) is 11.2 Å². The van der Waals surface area contributed by atoms with Crippen molar-refractivity contribution < 1.29 is 14.3 Å². The highest BCUT2D eigenvalue weighted by Gasteiger charge is 2.27. The van der Waals surface area contributed by atoms with Crippen molar-refractivity contribution in [1.82, 2.24) is 25.1 Å². The van der Waals surface area contributed by atoms with Crippen molar-refractivity contribution in [3.63, 3.8) is 0 Å². The molecule has 0 unspecified atom stereocenters. The molecule has 1 fully saturated rings. The zero-order valence-electron chi connectivity index (χ0n) is 19.2. The number of pyridine rings is 1. The van der Waals surface area contributed by atoms with Gasteiger partial charge in [-0.25, -0.2) is 14.8 Å². The fraction of sp³-hybridized carbons (Fsp3) is 0.391. The lowest BCUT2D eigenvalue weighted by Gasteiger charge is -2.41. The van der Waals surface area contributed by atoms with Gasteiger partial charge in [0.2, 0.25) is 5.88 Å². The average molecular weight is 450 g/mol. The third-order valence-electron chi connectivity index (χ3n) is 5.88. The summed E-state index contributed by atoms with van der Waals surface area (Å²) in [6.07, 6.45) is 6.55. The van der Waals surface area contributed by atoms with E-state index in [0.717, 1.165) is 53.7 Å². The van der Waals surface area contributed by atoms with Crippen LogP contribution in [0.5, 0.6) is 5.88 Å². The second-order valence-corrected chi connectivity index (χ2v) is 8.02. The number of carbonyl (C=O) groups excluding carboxylic acids is 1. The molecule has 1 atom stereocenters. The molecule has 1 saturated heterocycles. The summed E-state index contributed by atoms with van der Waals surface area (Å²) in [6.45, 7) is 8.66. The molecule has 3 aromatic heterocycles. The Kier molecular flexibility index (Phi) is 6.62. The van der Waals surface area contributed by atoms with E-state index in [1.54, 1.807) is 12.4 Å². The van der Waals surface area contributed by atoms with Gasteiger partial charge in [-0.3, -0.25) is 4.98 Å². The van der Waals surface area contributed by atoms with Gasteiger partial charge in [0.1, 0.15) is 5.82 Å². The Labute approximate surface area is 192 Å². The van der Waals surface area contributed by atoms with E-state index in [0.29, 0.717) is 6.42 Å². The molecule has 4 rings (SSSR count). The normalized spacial score (nSPS) is 15.9. The van der Waals surface area contributed by atoms with Gasteiger partial charge in [-0.1, -0.05) is 6.07 Å². The zero-order chi connectivity index (χ0) is 23.4. The van der Waals surface area contributed by atoms with E-state index < -0.39 is 6.16 Å². The number of piperazine rings is 1. The number of hydrogen-bond donors (Lipinski definition) is 0. The van der Waals surface area contributed by atoms with Crippen LogP contribution in [0, 0.1) is 13.8 Å². The maximum absolute atomic E-state index is 11.2. The van der Waals surface area contributed by atoms with Crippen molar-refractivity contribution in [3.8, 4) is 5.88 Å². The predicted octanol–water partition coefficient (Wildman–Crippen LogP) is 2.73. The van der Waals surface area contributed by atoms with Crippen LogP contribution in [0.25, 0.3) is 0 Å². The first-order valence-corrected chi connectivity index (χ1v) is 10.8. The third kappa shape index (κ3) is 5.00. The quantitative estimate of drug-likeness (QED) is 0.540. The standard InChI is InChI=1S/C23H27N7O3/c1-15-14-29(8-9-30(15)20-12-26-21(13-25-20)33-23(31)32-4)22-17(3)16(2)19(27-28-22)10-18-6-5-7-24-11-18/h5-7,11-13,15H,8-10,14H2,1-4H3/t15-/m1/s1. The number of hydrogen-bond acceptors (Lipinski definition) is 10. The van der Waals surface area contributed by atoms with Crippen molar-refractivity contribution in [2.75, 3.05) is 36.5 Å². The van der Waals surface area contributed by atoms with Crippen LogP contribution in [0.1, 0.15) is 29.3 Å². The van der Waals surface area contributed by atoms with Crippen molar-refractivity contribution >= 4 is 17.8 Å². The minimum Gasteiger partial charge on any atom is -0.437 e. The summed E-state index contributed by atoms with van der Waals surface area (Å²) < 4.78 is 9.37. The summed E-state index contributed by atoms with van der Waals surface area (Å²) in [6, 6.07) is 4.16. The van der Waals surface area contributed by atoms with Crippen LogP contribution in [0.4, 0.5) is 16.4 Å². The van der Waals surface area contributed by atoms with Crippen LogP contribution < -0.4 is 14.5 Å². The van der Waals surface area contributed by atoms with Crippen molar-refractivity contribution in [2.24, 2.45) is 0 Å². The van der Waals surface area contributed by atoms with Crippen LogP contribution in [0.2, 0.25) is 0 Å². The van der Waals surface area contributed by atoms with E-state index in [-0.39, 0.29) is 11.9 Å². The number of rotatable bonds is 5. The first-order valence-electron chi connectivity index (χ1n) is 10.8. The molecule has 0 spiro atoms. The van der Waals surface area contributed by atoms with E-state index >= 15 is 0 Å². The van der Waals surface area contributed by atoms with Gasteiger partial charge >= 0.3 is 6.16 Å². The van der Waals surface area contributed by atoms with Crippen molar-refractivity contribution in [2.45, 2.75) is 33.2 Å². The van der Waals surface area contributed by atoms with Crippen LogP contribution >= 0.6 is 0 Å². The first-order chi connectivity index (χ1) is 16.0. The second kappa shape index (κ2) is 9.76. The maximum atomic E-state index is 11.2. The molecule has 3 aromatic rings. The maximum Gasteiger partial charge on any atom is 0.514 e. The number of nitrogens with zero attached hydrogens (tertiary/aromatic N) is 7. The molecule has 1 aliphatic rings. The number of methoxy groups -OCH3 is 1. The lowest BCUT2D eigenvalue weighted by atomic mass is 10.0. The van der Waals surface area contributed by atoms with Crippen LogP contribution in [-0.4, -0.2) is 64.1 Å². The van der Waals surface area contributed by atoms with Gasteiger partial charge in [-0.2, -0.15) is 5.10 Å². The van der Waals surface area contributed by atoms with E-state index in [1.807, 2.05) is 12.3 Å². The number of carbonyl (C=O) groups is 1. The van der Waals surface area contributed by atoms with Gasteiger partial charge in [0.15, 0.2) is 5.82 Å². The third-order valence-corrected chi connectivity index (χ3v) is 5.88. The van der Waals surface area contributed by atoms with Gasteiger partial charge in [0, 0.05) is 44.5 Å². The van der Waals surface area contributed by atoms with Crippen LogP contribution in [0.15, 0.2) is 36.9 Å². The zero-order valence-corrected chi connectivity index (χ0v) is 19.2. The summed E-state index contributed by atoms with van der Waals surface area (Å²) in [4.78, 5) is 28.4. The molecular weight excluding hydrogens is 422 g/mol. The molecule has 0 aliphatic carbocycles. The fourth-order valence-corrected chi connectivity index (χ4v) is 3.93. The summed E-state index contributed by atoms with van der Waals surface area (Å²) >= 11 is 0. The molecule has 0 bridgehead atoms. The van der Waals surface area contributed by atoms with E-state index in [2.05, 4.69) is 66.5 Å². The number of aromatic nitrogens is 5. The van der Waals surface area contributed by atoms with Crippen molar-refractivity contribution in [1.29, 1.82) is 0 Å². The van der Waals surface area contributed by atoms with Crippen molar-refractivity contribution in [3.05, 3.63) is 59.3 Å². The average Bonchev–Trinajstić information content (AvgIpc) is 2.83. The number of anilines is 2. The summed E-state index contributed by atoms with van der Waals surface area (Å²) in [5.74, 6) is 1.75. The van der Waals surface area contributed by atoms with Gasteiger partial charge in [0.25, 0.3) is 0 Å². The molecule has 10 nitrogen and oxygen atoms in total. The van der Waals surface area contributed by atoms with Gasteiger partial charge < -0.3 is 19.3 Å². The highest BCUT2D eigenvalue weighted by molar-refractivity contribution is 5.62. The Bertz CT molecular complexity index is 1110. The van der Waals surface area contributed by atoms with Gasteiger partial charge in [-0.15, -0.1) is 5.10 Å². The Morgan fingerprint density at radius 2 is 1.97 bits per heavy atom. The smallest absolute Gasteiger partial charge is 0.437 e. The van der Waals surface area contributed by atoms with Gasteiger partial charge in [0.05, 0.1) is 25.2 Å². The summed E-state index contributed by atoms with van der Waals surface area (Å²) in [5, 5.41) is 9.13. The molecular formula is C23H27N7O3. The predicted molar refractivity (Wildman–Crippen MR) is 123 cm³/mol. The lowest BCUT2D eigenvalue weighted by molar-refractivity contribution is 0.119. The van der Waals surface area contributed by atoms with E-state index in [4.69, 9.17) is 4.74 Å². The molecule has 172 valence electrons. The Morgan fingerprint density at radius 1 is 1.12 bits per heavy atom. The molecule has 0 radical (unpaired) electrons. The van der Waals surface area contributed by atoms with E-state index in [1.165, 1.54) is 13.3 Å². The topological polar surface area (TPSA) is 106 Å². The fourth-order valence-electron chi connectivity index (χ4n) is 3.93. The molecule has 33 heavy (non-hydrogen) atoms. The molecule has 1 aliphatic heterocycles. The molecule has 0 aromatic carbocycles. The van der Waals surface area contributed by atoms with Crippen LogP contribution in [0.3, 0.4) is 0 Å². The lowest BCUT2D eigenvalue weighted by Crippen LogP contribution is -2.53. The summed E-state index contributed by atoms with van der Waals surface area (Å²) in [5.41, 5.74) is 4.40. The molecule has 0 amide bonds.